The summed E-state index contributed by atoms with van der Waals surface area (Å²) in [5.74, 6) is -0.142. The standard InChI is InChI=1S/C14H14ClNO3S/c1-8(2)13-16-11(12(20-13)14(17)18)7-19-10-5-3-9(15)4-6-10/h3-6,8H,7H2,1-2H3,(H,17,18). The fourth-order valence-corrected chi connectivity index (χ4v) is 2.60. The molecule has 0 aliphatic carbocycles. The largest absolute Gasteiger partial charge is 0.487 e. The zero-order valence-electron chi connectivity index (χ0n) is 11.1. The van der Waals surface area contributed by atoms with Gasteiger partial charge in [0.15, 0.2) is 0 Å². The molecule has 1 aromatic carbocycles. The number of carboxylic acids is 1. The fourth-order valence-electron chi connectivity index (χ4n) is 1.56. The van der Waals surface area contributed by atoms with Crippen LogP contribution < -0.4 is 4.74 Å². The van der Waals surface area contributed by atoms with Crippen LogP contribution in [0.25, 0.3) is 0 Å². The van der Waals surface area contributed by atoms with Crippen molar-refractivity contribution in [2.24, 2.45) is 0 Å². The Bertz CT molecular complexity index is 607. The van der Waals surface area contributed by atoms with E-state index in [1.54, 1.807) is 24.3 Å². The van der Waals surface area contributed by atoms with Crippen molar-refractivity contribution in [3.05, 3.63) is 44.9 Å². The van der Waals surface area contributed by atoms with Gasteiger partial charge in [0, 0.05) is 10.9 Å². The fraction of sp³-hybridized carbons (Fsp3) is 0.286. The minimum Gasteiger partial charge on any atom is -0.487 e. The van der Waals surface area contributed by atoms with E-state index in [2.05, 4.69) is 4.98 Å². The van der Waals surface area contributed by atoms with Gasteiger partial charge in [-0.3, -0.25) is 0 Å². The van der Waals surface area contributed by atoms with E-state index in [4.69, 9.17) is 16.3 Å². The maximum Gasteiger partial charge on any atom is 0.347 e. The molecule has 0 saturated heterocycles. The zero-order valence-corrected chi connectivity index (χ0v) is 12.7. The first kappa shape index (κ1) is 14.8. The number of nitrogens with zero attached hydrogens (tertiary/aromatic N) is 1. The number of thiazole rings is 1. The lowest BCUT2D eigenvalue weighted by molar-refractivity contribution is 0.0699. The summed E-state index contributed by atoms with van der Waals surface area (Å²) in [7, 11) is 0. The molecule has 2 aromatic rings. The number of hydrogen-bond acceptors (Lipinski definition) is 4. The highest BCUT2D eigenvalue weighted by molar-refractivity contribution is 7.13. The Morgan fingerprint density at radius 3 is 2.60 bits per heavy atom. The molecule has 0 spiro atoms. The number of rotatable bonds is 5. The van der Waals surface area contributed by atoms with Gasteiger partial charge in [0.25, 0.3) is 0 Å². The second-order valence-corrected chi connectivity index (χ2v) is 6.00. The second-order valence-electron chi connectivity index (χ2n) is 4.53. The van der Waals surface area contributed by atoms with Crippen molar-refractivity contribution in [2.45, 2.75) is 26.4 Å². The normalized spacial score (nSPS) is 10.8. The van der Waals surface area contributed by atoms with Crippen LogP contribution in [-0.2, 0) is 6.61 Å². The molecule has 0 radical (unpaired) electrons. The van der Waals surface area contributed by atoms with E-state index in [1.807, 2.05) is 13.8 Å². The molecule has 106 valence electrons. The summed E-state index contributed by atoms with van der Waals surface area (Å²) in [5.41, 5.74) is 0.459. The van der Waals surface area contributed by atoms with Crippen molar-refractivity contribution in [3.63, 3.8) is 0 Å². The minimum atomic E-state index is -0.968. The summed E-state index contributed by atoms with van der Waals surface area (Å²) in [4.78, 5) is 15.8. The molecule has 0 bridgehead atoms. The lowest BCUT2D eigenvalue weighted by atomic mass is 10.2. The molecule has 1 heterocycles. The van der Waals surface area contributed by atoms with Crippen molar-refractivity contribution >= 4 is 28.9 Å². The van der Waals surface area contributed by atoms with Gasteiger partial charge in [-0.1, -0.05) is 25.4 Å². The summed E-state index contributed by atoms with van der Waals surface area (Å²) >= 11 is 6.99. The van der Waals surface area contributed by atoms with E-state index in [9.17, 15) is 9.90 Å². The average molecular weight is 312 g/mol. The van der Waals surface area contributed by atoms with Crippen LogP contribution in [0, 0.1) is 0 Å². The molecule has 0 amide bonds. The first-order valence-electron chi connectivity index (χ1n) is 6.08. The highest BCUT2D eigenvalue weighted by Gasteiger charge is 2.19. The molecular formula is C14H14ClNO3S. The van der Waals surface area contributed by atoms with Crippen LogP contribution in [0.15, 0.2) is 24.3 Å². The third-order valence-electron chi connectivity index (χ3n) is 2.59. The van der Waals surface area contributed by atoms with Crippen molar-refractivity contribution in [2.75, 3.05) is 0 Å². The van der Waals surface area contributed by atoms with E-state index >= 15 is 0 Å². The molecule has 6 heteroatoms. The van der Waals surface area contributed by atoms with E-state index in [-0.39, 0.29) is 17.4 Å². The molecule has 0 fully saturated rings. The number of carbonyl (C=O) groups is 1. The number of halogens is 1. The predicted octanol–water partition coefficient (Wildman–Crippen LogP) is 4.20. The van der Waals surface area contributed by atoms with Crippen molar-refractivity contribution < 1.29 is 14.6 Å². The van der Waals surface area contributed by atoms with Crippen LogP contribution in [-0.4, -0.2) is 16.1 Å². The van der Waals surface area contributed by atoms with Gasteiger partial charge in [0.05, 0.1) is 5.01 Å². The number of carboxylic acid groups (broad SMARTS) is 1. The molecule has 4 nitrogen and oxygen atoms in total. The molecule has 0 atom stereocenters. The summed E-state index contributed by atoms with van der Waals surface area (Å²) in [6, 6.07) is 6.90. The third-order valence-corrected chi connectivity index (χ3v) is 4.23. The smallest absolute Gasteiger partial charge is 0.347 e. The van der Waals surface area contributed by atoms with Crippen LogP contribution in [0.1, 0.15) is 40.1 Å². The molecule has 0 aliphatic heterocycles. The van der Waals surface area contributed by atoms with Gasteiger partial charge in [-0.25, -0.2) is 9.78 Å². The minimum absolute atomic E-state index is 0.131. The van der Waals surface area contributed by atoms with Crippen molar-refractivity contribution in [1.29, 1.82) is 0 Å². The summed E-state index contributed by atoms with van der Waals surface area (Å²) in [6.45, 7) is 4.09. The van der Waals surface area contributed by atoms with Crippen molar-refractivity contribution in [1.82, 2.24) is 4.98 Å². The molecule has 2 rings (SSSR count). The van der Waals surface area contributed by atoms with E-state index in [1.165, 1.54) is 11.3 Å². The lowest BCUT2D eigenvalue weighted by Gasteiger charge is -2.05. The number of ether oxygens (including phenoxy) is 1. The summed E-state index contributed by atoms with van der Waals surface area (Å²) in [5, 5.41) is 10.6. The van der Waals surface area contributed by atoms with Crippen LogP contribution in [0.3, 0.4) is 0 Å². The van der Waals surface area contributed by atoms with Gasteiger partial charge in [0.2, 0.25) is 0 Å². The quantitative estimate of drug-likeness (QED) is 0.899. The SMILES string of the molecule is CC(C)c1nc(COc2ccc(Cl)cc2)c(C(=O)O)s1. The maximum atomic E-state index is 11.2. The Labute approximate surface area is 126 Å². The van der Waals surface area contributed by atoms with E-state index in [0.29, 0.717) is 16.5 Å². The lowest BCUT2D eigenvalue weighted by Crippen LogP contribution is -2.03. The Morgan fingerprint density at radius 1 is 1.40 bits per heavy atom. The molecule has 0 aliphatic rings. The number of aromatic nitrogens is 1. The Balaban J connectivity index is 2.15. The number of hydrogen-bond donors (Lipinski definition) is 1. The van der Waals surface area contributed by atoms with Gasteiger partial charge >= 0.3 is 5.97 Å². The second kappa shape index (κ2) is 6.24. The van der Waals surface area contributed by atoms with Gasteiger partial charge < -0.3 is 9.84 Å². The summed E-state index contributed by atoms with van der Waals surface area (Å²) in [6.07, 6.45) is 0. The zero-order chi connectivity index (χ0) is 14.7. The molecule has 1 aromatic heterocycles. The van der Waals surface area contributed by atoms with Crippen LogP contribution >= 0.6 is 22.9 Å². The highest BCUT2D eigenvalue weighted by atomic mass is 35.5. The van der Waals surface area contributed by atoms with Crippen LogP contribution in [0.2, 0.25) is 5.02 Å². The van der Waals surface area contributed by atoms with Gasteiger partial charge in [0.1, 0.15) is 22.9 Å². The number of aromatic carboxylic acids is 1. The molecular weight excluding hydrogens is 298 g/mol. The first-order chi connectivity index (χ1) is 9.47. The highest BCUT2D eigenvalue weighted by Crippen LogP contribution is 2.26. The van der Waals surface area contributed by atoms with Crippen LogP contribution in [0.4, 0.5) is 0 Å². The first-order valence-corrected chi connectivity index (χ1v) is 7.28. The molecule has 0 saturated carbocycles. The molecule has 0 unspecified atom stereocenters. The predicted molar refractivity (Wildman–Crippen MR) is 78.9 cm³/mol. The van der Waals surface area contributed by atoms with Crippen LogP contribution in [0.5, 0.6) is 5.75 Å². The third kappa shape index (κ3) is 3.49. The Morgan fingerprint density at radius 2 is 2.05 bits per heavy atom. The van der Waals surface area contributed by atoms with Gasteiger partial charge in [-0.15, -0.1) is 11.3 Å². The average Bonchev–Trinajstić information content (AvgIpc) is 2.82. The maximum absolute atomic E-state index is 11.2. The van der Waals surface area contributed by atoms with Gasteiger partial charge in [-0.05, 0) is 24.3 Å². The Kier molecular flexibility index (Phi) is 4.62. The number of benzene rings is 1. The van der Waals surface area contributed by atoms with Gasteiger partial charge in [-0.2, -0.15) is 0 Å². The topological polar surface area (TPSA) is 59.4 Å². The Hall–Kier alpha value is -1.59. The summed E-state index contributed by atoms with van der Waals surface area (Å²) < 4.78 is 5.55. The molecule has 1 N–H and O–H groups in total. The van der Waals surface area contributed by atoms with Crippen molar-refractivity contribution in [3.8, 4) is 5.75 Å². The molecule has 20 heavy (non-hydrogen) atoms. The van der Waals surface area contributed by atoms with E-state index < -0.39 is 5.97 Å². The monoisotopic (exact) mass is 311 g/mol. The van der Waals surface area contributed by atoms with E-state index in [0.717, 1.165) is 5.01 Å².